The Morgan fingerprint density at radius 3 is 2.77 bits per heavy atom. The van der Waals surface area contributed by atoms with Gasteiger partial charge in [0.05, 0.1) is 12.3 Å². The number of ether oxygens (including phenoxy) is 1. The molecule has 0 fully saturated rings. The van der Waals surface area contributed by atoms with Crippen molar-refractivity contribution in [3.63, 3.8) is 0 Å². The van der Waals surface area contributed by atoms with Gasteiger partial charge in [0.15, 0.2) is 0 Å². The number of amides is 1. The first-order valence-electron chi connectivity index (χ1n) is 8.55. The lowest BCUT2D eigenvalue weighted by Crippen LogP contribution is -2.22. The predicted octanol–water partition coefficient (Wildman–Crippen LogP) is 5.43. The fraction of sp³-hybridized carbons (Fsp3) is 0.190. The highest BCUT2D eigenvalue weighted by Crippen LogP contribution is 2.46. The van der Waals surface area contributed by atoms with Gasteiger partial charge in [-0.25, -0.2) is 4.39 Å². The third kappa shape index (κ3) is 3.10. The second-order valence-electron chi connectivity index (χ2n) is 6.21. The summed E-state index contributed by atoms with van der Waals surface area (Å²) in [6, 6.07) is 14.4. The van der Waals surface area contributed by atoms with Crippen LogP contribution in [0.4, 0.5) is 10.1 Å². The summed E-state index contributed by atoms with van der Waals surface area (Å²) in [6.45, 7) is 2.57. The van der Waals surface area contributed by atoms with Crippen molar-refractivity contribution in [1.29, 1.82) is 0 Å². The monoisotopic (exact) mass is 367 g/mol. The lowest BCUT2D eigenvalue weighted by Gasteiger charge is -2.24. The van der Waals surface area contributed by atoms with Crippen molar-refractivity contribution in [2.75, 3.05) is 11.9 Å². The van der Waals surface area contributed by atoms with Gasteiger partial charge in [-0.1, -0.05) is 24.3 Å². The summed E-state index contributed by atoms with van der Waals surface area (Å²) < 4.78 is 19.1. The largest absolute Gasteiger partial charge is 0.494 e. The molecule has 132 valence electrons. The van der Waals surface area contributed by atoms with Crippen molar-refractivity contribution in [2.45, 2.75) is 19.3 Å². The number of carbonyl (C=O) groups is 1. The van der Waals surface area contributed by atoms with Crippen LogP contribution in [0.5, 0.6) is 5.75 Å². The van der Waals surface area contributed by atoms with Crippen LogP contribution in [0.15, 0.2) is 53.9 Å². The van der Waals surface area contributed by atoms with Crippen molar-refractivity contribution < 1.29 is 13.9 Å². The standard InChI is InChI=1S/C21H18FNO2S/c1-2-25-16-8-6-13(7-9-16)17-11-19(24)23-20-18(12-26-21(17)20)14-4-3-5-15(22)10-14/h3-10,12,17H,2,11H2,1H3,(H,23,24). The fourth-order valence-corrected chi connectivity index (χ4v) is 4.49. The van der Waals surface area contributed by atoms with Gasteiger partial charge in [-0.15, -0.1) is 11.3 Å². The first kappa shape index (κ1) is 16.8. The SMILES string of the molecule is CCOc1ccc(C2CC(=O)Nc3c(-c4cccc(F)c4)csc32)cc1. The molecule has 2 heterocycles. The molecular formula is C21H18FNO2S. The predicted molar refractivity (Wildman–Crippen MR) is 102 cm³/mol. The maximum absolute atomic E-state index is 13.6. The Labute approximate surface area is 155 Å². The summed E-state index contributed by atoms with van der Waals surface area (Å²) in [5.41, 5.74) is 3.52. The van der Waals surface area contributed by atoms with E-state index in [4.69, 9.17) is 4.74 Å². The minimum atomic E-state index is -0.285. The van der Waals surface area contributed by atoms with Gasteiger partial charge in [0, 0.05) is 28.2 Å². The molecule has 3 aromatic rings. The van der Waals surface area contributed by atoms with Crippen LogP contribution in [0, 0.1) is 5.82 Å². The van der Waals surface area contributed by atoms with Gasteiger partial charge in [0.25, 0.3) is 0 Å². The van der Waals surface area contributed by atoms with Gasteiger partial charge in [-0.3, -0.25) is 4.79 Å². The zero-order chi connectivity index (χ0) is 18.1. The van der Waals surface area contributed by atoms with E-state index in [0.717, 1.165) is 33.0 Å². The molecule has 0 bridgehead atoms. The molecule has 1 atom stereocenters. The minimum Gasteiger partial charge on any atom is -0.494 e. The van der Waals surface area contributed by atoms with Crippen molar-refractivity contribution in [2.24, 2.45) is 0 Å². The van der Waals surface area contributed by atoms with E-state index in [1.165, 1.54) is 12.1 Å². The van der Waals surface area contributed by atoms with E-state index >= 15 is 0 Å². The van der Waals surface area contributed by atoms with E-state index < -0.39 is 0 Å². The molecule has 1 aromatic heterocycles. The van der Waals surface area contributed by atoms with Crippen LogP contribution in [0.2, 0.25) is 0 Å². The minimum absolute atomic E-state index is 0.00161. The number of fused-ring (bicyclic) bond motifs is 1. The van der Waals surface area contributed by atoms with Crippen LogP contribution >= 0.6 is 11.3 Å². The Morgan fingerprint density at radius 2 is 2.04 bits per heavy atom. The lowest BCUT2D eigenvalue weighted by atomic mass is 9.89. The van der Waals surface area contributed by atoms with Crippen molar-refractivity contribution in [1.82, 2.24) is 0 Å². The number of carbonyl (C=O) groups excluding carboxylic acids is 1. The highest BCUT2D eigenvalue weighted by atomic mass is 32.1. The average Bonchev–Trinajstić information content (AvgIpc) is 3.06. The normalized spacial score (nSPS) is 16.1. The average molecular weight is 367 g/mol. The van der Waals surface area contributed by atoms with Crippen LogP contribution in [-0.4, -0.2) is 12.5 Å². The lowest BCUT2D eigenvalue weighted by molar-refractivity contribution is -0.116. The van der Waals surface area contributed by atoms with Gasteiger partial charge >= 0.3 is 0 Å². The van der Waals surface area contributed by atoms with Crippen molar-refractivity contribution in [3.05, 3.63) is 70.2 Å². The maximum Gasteiger partial charge on any atom is 0.225 e. The molecule has 1 aliphatic rings. The van der Waals surface area contributed by atoms with E-state index in [9.17, 15) is 9.18 Å². The first-order valence-corrected chi connectivity index (χ1v) is 9.43. The summed E-state index contributed by atoms with van der Waals surface area (Å²) in [4.78, 5) is 13.4. The molecule has 26 heavy (non-hydrogen) atoms. The highest BCUT2D eigenvalue weighted by molar-refractivity contribution is 7.11. The second kappa shape index (κ2) is 6.92. The second-order valence-corrected chi connectivity index (χ2v) is 7.12. The van der Waals surface area contributed by atoms with Crippen LogP contribution < -0.4 is 10.1 Å². The Hall–Kier alpha value is -2.66. The van der Waals surface area contributed by atoms with Crippen LogP contribution in [0.3, 0.4) is 0 Å². The van der Waals surface area contributed by atoms with E-state index in [1.807, 2.05) is 42.6 Å². The zero-order valence-electron chi connectivity index (χ0n) is 14.3. The zero-order valence-corrected chi connectivity index (χ0v) is 15.1. The molecule has 2 aromatic carbocycles. The molecule has 0 spiro atoms. The van der Waals surface area contributed by atoms with Gasteiger partial charge < -0.3 is 10.1 Å². The highest BCUT2D eigenvalue weighted by Gasteiger charge is 2.30. The molecule has 3 nitrogen and oxygen atoms in total. The van der Waals surface area contributed by atoms with Crippen LogP contribution in [0.1, 0.15) is 29.7 Å². The Balaban J connectivity index is 1.74. The number of halogens is 1. The summed E-state index contributed by atoms with van der Waals surface area (Å²) in [6.07, 6.45) is 0.407. The number of rotatable bonds is 4. The molecule has 1 unspecified atom stereocenters. The third-order valence-electron chi connectivity index (χ3n) is 4.52. The van der Waals surface area contributed by atoms with Crippen LogP contribution in [0.25, 0.3) is 11.1 Å². The number of hydrogen-bond donors (Lipinski definition) is 1. The van der Waals surface area contributed by atoms with Crippen molar-refractivity contribution in [3.8, 4) is 16.9 Å². The number of benzene rings is 2. The molecule has 1 amide bonds. The van der Waals surface area contributed by atoms with Crippen molar-refractivity contribution >= 4 is 22.9 Å². The Kier molecular flexibility index (Phi) is 4.47. The fourth-order valence-electron chi connectivity index (χ4n) is 3.33. The van der Waals surface area contributed by atoms with E-state index in [0.29, 0.717) is 13.0 Å². The Bertz CT molecular complexity index is 949. The van der Waals surface area contributed by atoms with Gasteiger partial charge in [0.1, 0.15) is 11.6 Å². The molecule has 0 aliphatic carbocycles. The molecule has 4 rings (SSSR count). The molecule has 0 saturated carbocycles. The number of hydrogen-bond acceptors (Lipinski definition) is 3. The smallest absolute Gasteiger partial charge is 0.225 e. The molecular weight excluding hydrogens is 349 g/mol. The third-order valence-corrected chi connectivity index (χ3v) is 5.62. The van der Waals surface area contributed by atoms with E-state index in [1.54, 1.807) is 17.4 Å². The molecule has 0 saturated heterocycles. The summed E-state index contributed by atoms with van der Waals surface area (Å²) in [5.74, 6) is 0.519. The summed E-state index contributed by atoms with van der Waals surface area (Å²) in [5, 5.41) is 4.97. The molecule has 0 radical (unpaired) electrons. The first-order chi connectivity index (χ1) is 12.7. The molecule has 5 heteroatoms. The molecule has 1 N–H and O–H groups in total. The quantitative estimate of drug-likeness (QED) is 0.668. The number of nitrogens with one attached hydrogen (secondary N) is 1. The van der Waals surface area contributed by atoms with Crippen LogP contribution in [-0.2, 0) is 4.79 Å². The molecule has 1 aliphatic heterocycles. The van der Waals surface area contributed by atoms with Gasteiger partial charge in [0.2, 0.25) is 5.91 Å². The summed E-state index contributed by atoms with van der Waals surface area (Å²) >= 11 is 1.60. The number of anilines is 1. The van der Waals surface area contributed by atoms with Gasteiger partial charge in [-0.2, -0.15) is 0 Å². The number of thiophene rings is 1. The topological polar surface area (TPSA) is 38.3 Å². The van der Waals surface area contributed by atoms with E-state index in [2.05, 4.69) is 5.32 Å². The maximum atomic E-state index is 13.6. The Morgan fingerprint density at radius 1 is 1.23 bits per heavy atom. The van der Waals surface area contributed by atoms with E-state index in [-0.39, 0.29) is 17.6 Å². The summed E-state index contributed by atoms with van der Waals surface area (Å²) in [7, 11) is 0. The van der Waals surface area contributed by atoms with Gasteiger partial charge in [-0.05, 0) is 42.3 Å².